The predicted octanol–water partition coefficient (Wildman–Crippen LogP) is 3.37. The van der Waals surface area contributed by atoms with Crippen molar-refractivity contribution in [3.05, 3.63) is 36.0 Å². The van der Waals surface area contributed by atoms with Crippen LogP contribution < -0.4 is 5.73 Å². The fourth-order valence-electron chi connectivity index (χ4n) is 2.22. The summed E-state index contributed by atoms with van der Waals surface area (Å²) in [6.45, 7) is 4.28. The van der Waals surface area contributed by atoms with Crippen molar-refractivity contribution in [2.75, 3.05) is 5.73 Å². The molecule has 0 saturated carbocycles. The molecular weight excluding hydrogens is 236 g/mol. The van der Waals surface area contributed by atoms with Gasteiger partial charge in [0.15, 0.2) is 0 Å². The van der Waals surface area contributed by atoms with Gasteiger partial charge in [0, 0.05) is 11.8 Å². The van der Waals surface area contributed by atoms with Gasteiger partial charge >= 0.3 is 0 Å². The molecule has 0 bridgehead atoms. The van der Waals surface area contributed by atoms with Crippen molar-refractivity contribution >= 4 is 5.69 Å². The van der Waals surface area contributed by atoms with Crippen molar-refractivity contribution in [2.24, 2.45) is 0 Å². The molecule has 0 aliphatic carbocycles. The van der Waals surface area contributed by atoms with Crippen molar-refractivity contribution in [1.82, 2.24) is 9.78 Å². The Kier molecular flexibility index (Phi) is 3.86. The lowest BCUT2D eigenvalue weighted by Crippen LogP contribution is -2.07. The normalized spacial score (nSPS) is 10.6. The van der Waals surface area contributed by atoms with E-state index in [1.54, 1.807) is 6.07 Å². The molecule has 98 valence electrons. The molecule has 0 aliphatic rings. The summed E-state index contributed by atoms with van der Waals surface area (Å²) < 4.78 is 1.93. The van der Waals surface area contributed by atoms with Crippen LogP contribution >= 0.6 is 0 Å². The highest BCUT2D eigenvalue weighted by molar-refractivity contribution is 5.72. The molecule has 19 heavy (non-hydrogen) atoms. The minimum Gasteiger partial charge on any atom is -0.396 e. The number of nitrogens with zero attached hydrogens (tertiary/aromatic N) is 3. The maximum Gasteiger partial charge on any atom is 0.115 e. The number of hydrogen-bond donors (Lipinski definition) is 1. The standard InChI is InChI=1S/C15H18N4/c1-3-13(4-2)19-10-14(17)15(18-19)12-7-5-6-11(8-12)9-16/h5-8,10,13H,3-4,17H2,1-2H3. The summed E-state index contributed by atoms with van der Waals surface area (Å²) in [7, 11) is 0. The van der Waals surface area contributed by atoms with E-state index in [4.69, 9.17) is 11.0 Å². The van der Waals surface area contributed by atoms with Crippen LogP contribution in [-0.4, -0.2) is 9.78 Å². The topological polar surface area (TPSA) is 67.6 Å². The van der Waals surface area contributed by atoms with Gasteiger partial charge in [-0.1, -0.05) is 26.0 Å². The summed E-state index contributed by atoms with van der Waals surface area (Å²) in [4.78, 5) is 0. The van der Waals surface area contributed by atoms with E-state index in [1.165, 1.54) is 0 Å². The average Bonchev–Trinajstić information content (AvgIpc) is 2.82. The second kappa shape index (κ2) is 5.57. The summed E-state index contributed by atoms with van der Waals surface area (Å²) in [5.74, 6) is 0. The maximum atomic E-state index is 8.94. The average molecular weight is 254 g/mol. The fourth-order valence-corrected chi connectivity index (χ4v) is 2.22. The third-order valence-corrected chi connectivity index (χ3v) is 3.34. The quantitative estimate of drug-likeness (QED) is 0.909. The Balaban J connectivity index is 2.43. The number of rotatable bonds is 4. The molecule has 0 amide bonds. The van der Waals surface area contributed by atoms with Gasteiger partial charge < -0.3 is 5.73 Å². The van der Waals surface area contributed by atoms with Gasteiger partial charge in [0.05, 0.1) is 23.4 Å². The van der Waals surface area contributed by atoms with Crippen LogP contribution in [0.2, 0.25) is 0 Å². The maximum absolute atomic E-state index is 8.94. The van der Waals surface area contributed by atoms with Crippen molar-refractivity contribution in [3.63, 3.8) is 0 Å². The molecule has 0 atom stereocenters. The summed E-state index contributed by atoms with van der Waals surface area (Å²) in [6, 6.07) is 9.87. The lowest BCUT2D eigenvalue weighted by atomic mass is 10.1. The summed E-state index contributed by atoms with van der Waals surface area (Å²) in [5.41, 5.74) is 8.96. The van der Waals surface area contributed by atoms with E-state index < -0.39 is 0 Å². The third kappa shape index (κ3) is 2.60. The monoisotopic (exact) mass is 254 g/mol. The first kappa shape index (κ1) is 13.2. The van der Waals surface area contributed by atoms with E-state index in [1.807, 2.05) is 29.1 Å². The fraction of sp³-hybridized carbons (Fsp3) is 0.333. The lowest BCUT2D eigenvalue weighted by molar-refractivity contribution is 0.429. The molecule has 1 aromatic carbocycles. The van der Waals surface area contributed by atoms with E-state index in [-0.39, 0.29) is 0 Å². The zero-order chi connectivity index (χ0) is 13.8. The molecule has 1 heterocycles. The Bertz CT molecular complexity index is 603. The van der Waals surface area contributed by atoms with E-state index in [0.29, 0.717) is 17.3 Å². The summed E-state index contributed by atoms with van der Waals surface area (Å²) >= 11 is 0. The second-order valence-electron chi connectivity index (χ2n) is 4.58. The highest BCUT2D eigenvalue weighted by Crippen LogP contribution is 2.27. The Labute approximate surface area is 113 Å². The zero-order valence-electron chi connectivity index (χ0n) is 11.3. The van der Waals surface area contributed by atoms with Gasteiger partial charge in [-0.2, -0.15) is 10.4 Å². The largest absolute Gasteiger partial charge is 0.396 e. The van der Waals surface area contributed by atoms with Crippen molar-refractivity contribution < 1.29 is 0 Å². The number of nitrogen functional groups attached to an aromatic ring is 1. The molecule has 4 heteroatoms. The van der Waals surface area contributed by atoms with E-state index >= 15 is 0 Å². The number of benzene rings is 1. The first-order valence-electron chi connectivity index (χ1n) is 6.54. The van der Waals surface area contributed by atoms with Crippen molar-refractivity contribution in [2.45, 2.75) is 32.7 Å². The Morgan fingerprint density at radius 3 is 2.74 bits per heavy atom. The molecule has 0 fully saturated rings. The number of anilines is 1. The van der Waals surface area contributed by atoms with Gasteiger partial charge in [0.2, 0.25) is 0 Å². The molecule has 2 aromatic rings. The van der Waals surface area contributed by atoms with Crippen LogP contribution in [0.15, 0.2) is 30.5 Å². The molecule has 1 aromatic heterocycles. The Morgan fingerprint density at radius 1 is 1.37 bits per heavy atom. The van der Waals surface area contributed by atoms with E-state index in [2.05, 4.69) is 25.0 Å². The van der Waals surface area contributed by atoms with Gasteiger partial charge in [-0.3, -0.25) is 4.68 Å². The molecule has 0 spiro atoms. The van der Waals surface area contributed by atoms with Crippen molar-refractivity contribution in [3.8, 4) is 17.3 Å². The van der Waals surface area contributed by atoms with Crippen LogP contribution in [0.1, 0.15) is 38.3 Å². The van der Waals surface area contributed by atoms with Gasteiger partial charge in [-0.15, -0.1) is 0 Å². The first-order chi connectivity index (χ1) is 9.19. The van der Waals surface area contributed by atoms with Crippen LogP contribution in [0.25, 0.3) is 11.3 Å². The minimum absolute atomic E-state index is 0.371. The number of nitriles is 1. The number of aromatic nitrogens is 2. The minimum atomic E-state index is 0.371. The molecule has 4 nitrogen and oxygen atoms in total. The van der Waals surface area contributed by atoms with Crippen LogP contribution in [-0.2, 0) is 0 Å². The molecule has 0 aliphatic heterocycles. The zero-order valence-corrected chi connectivity index (χ0v) is 11.3. The van der Waals surface area contributed by atoms with Gasteiger partial charge in [0.25, 0.3) is 0 Å². The van der Waals surface area contributed by atoms with Crippen LogP contribution in [0.4, 0.5) is 5.69 Å². The highest BCUT2D eigenvalue weighted by atomic mass is 15.3. The lowest BCUT2D eigenvalue weighted by Gasteiger charge is -2.12. The number of hydrogen-bond acceptors (Lipinski definition) is 3. The molecule has 0 unspecified atom stereocenters. The van der Waals surface area contributed by atoms with Gasteiger partial charge in [0.1, 0.15) is 5.69 Å². The SMILES string of the molecule is CCC(CC)n1cc(N)c(-c2cccc(C#N)c2)n1. The van der Waals surface area contributed by atoms with Crippen molar-refractivity contribution in [1.29, 1.82) is 5.26 Å². The molecule has 2 N–H and O–H groups in total. The second-order valence-corrected chi connectivity index (χ2v) is 4.58. The third-order valence-electron chi connectivity index (χ3n) is 3.34. The molecular formula is C15H18N4. The Hall–Kier alpha value is -2.28. The smallest absolute Gasteiger partial charge is 0.115 e. The van der Waals surface area contributed by atoms with Crippen LogP contribution in [0.3, 0.4) is 0 Å². The van der Waals surface area contributed by atoms with E-state index in [0.717, 1.165) is 24.1 Å². The van der Waals surface area contributed by atoms with Crippen LogP contribution in [0.5, 0.6) is 0 Å². The summed E-state index contributed by atoms with van der Waals surface area (Å²) in [6.07, 6.45) is 3.93. The van der Waals surface area contributed by atoms with Gasteiger partial charge in [-0.05, 0) is 25.0 Å². The molecule has 0 saturated heterocycles. The summed E-state index contributed by atoms with van der Waals surface area (Å²) in [5, 5.41) is 13.5. The van der Waals surface area contributed by atoms with Crippen LogP contribution in [0, 0.1) is 11.3 Å². The Morgan fingerprint density at radius 2 is 2.11 bits per heavy atom. The molecule has 0 radical (unpaired) electrons. The highest BCUT2D eigenvalue weighted by Gasteiger charge is 2.13. The molecule has 2 rings (SSSR count). The van der Waals surface area contributed by atoms with E-state index in [9.17, 15) is 0 Å². The van der Waals surface area contributed by atoms with Gasteiger partial charge in [-0.25, -0.2) is 0 Å². The predicted molar refractivity (Wildman–Crippen MR) is 76.4 cm³/mol. The first-order valence-corrected chi connectivity index (χ1v) is 6.54. The number of nitrogens with two attached hydrogens (primary N) is 1.